The van der Waals surface area contributed by atoms with Crippen molar-refractivity contribution >= 4 is 72.4 Å². The summed E-state index contributed by atoms with van der Waals surface area (Å²) in [5.41, 5.74) is 11.4. The van der Waals surface area contributed by atoms with Gasteiger partial charge in [-0.25, -0.2) is 0 Å². The molecule has 12 rings (SSSR count). The van der Waals surface area contributed by atoms with Gasteiger partial charge in [0.15, 0.2) is 8.07 Å². The van der Waals surface area contributed by atoms with Crippen molar-refractivity contribution in [3.63, 3.8) is 0 Å². The molecule has 0 aliphatic heterocycles. The molecule has 0 N–H and O–H groups in total. The number of hydrogen-bond donors (Lipinski definition) is 0. The number of benzene rings is 9. The lowest BCUT2D eigenvalue weighted by Gasteiger charge is -2.34. The van der Waals surface area contributed by atoms with Gasteiger partial charge in [-0.2, -0.15) is 0 Å². The molecule has 1 fully saturated rings. The Bertz CT molecular complexity index is 3360. The summed E-state index contributed by atoms with van der Waals surface area (Å²) < 4.78 is 5.05. The second kappa shape index (κ2) is 15.6. The predicted octanol–water partition coefficient (Wildman–Crippen LogP) is 13.0. The average molecular weight is 825 g/mol. The molecule has 0 amide bonds. The minimum absolute atomic E-state index is 0.613. The first-order chi connectivity index (χ1) is 31.3. The zero-order valence-corrected chi connectivity index (χ0v) is 36.4. The van der Waals surface area contributed by atoms with Crippen LogP contribution in [0.25, 0.3) is 66.1 Å². The normalized spacial score (nSPS) is 13.7. The molecule has 0 atom stereocenters. The third-order valence-electron chi connectivity index (χ3n) is 14.1. The molecule has 1 aliphatic carbocycles. The Morgan fingerprint density at radius 1 is 0.333 bits per heavy atom. The zero-order valence-electron chi connectivity index (χ0n) is 35.4. The van der Waals surface area contributed by atoms with E-state index in [0.717, 1.165) is 5.69 Å². The summed E-state index contributed by atoms with van der Waals surface area (Å²) in [6.45, 7) is 0. The second-order valence-corrected chi connectivity index (χ2v) is 21.2. The van der Waals surface area contributed by atoms with Crippen molar-refractivity contribution in [2.24, 2.45) is 0 Å². The van der Waals surface area contributed by atoms with Gasteiger partial charge >= 0.3 is 0 Å². The highest BCUT2D eigenvalue weighted by molar-refractivity contribution is 7.19. The molecule has 2 heterocycles. The fraction of sp³-hybridized carbons (Fsp3) is 0.100. The monoisotopic (exact) mass is 824 g/mol. The lowest BCUT2D eigenvalue weighted by Crippen LogP contribution is -2.74. The molecule has 302 valence electrons. The van der Waals surface area contributed by atoms with Gasteiger partial charge in [0.2, 0.25) is 0 Å². The van der Waals surface area contributed by atoms with Crippen LogP contribution in [-0.2, 0) is 0 Å². The van der Waals surface area contributed by atoms with Crippen molar-refractivity contribution in [2.75, 3.05) is 0 Å². The summed E-state index contributed by atoms with van der Waals surface area (Å²) in [5.74, 6) is 0.613. The van der Waals surface area contributed by atoms with Crippen molar-refractivity contribution < 1.29 is 0 Å². The van der Waals surface area contributed by atoms with Crippen molar-refractivity contribution in [3.8, 4) is 22.5 Å². The van der Waals surface area contributed by atoms with E-state index in [1.807, 2.05) is 0 Å². The second-order valence-electron chi connectivity index (χ2n) is 17.4. The highest BCUT2D eigenvalue weighted by Crippen LogP contribution is 2.44. The van der Waals surface area contributed by atoms with Crippen molar-refractivity contribution in [2.45, 2.75) is 38.0 Å². The Morgan fingerprint density at radius 3 is 1.43 bits per heavy atom. The molecule has 0 saturated heterocycles. The van der Waals surface area contributed by atoms with Crippen LogP contribution in [0, 0.1) is 0 Å². The van der Waals surface area contributed by atoms with E-state index in [2.05, 4.69) is 234 Å². The lowest BCUT2D eigenvalue weighted by atomic mass is 9.82. The molecule has 1 aliphatic rings. The standard InChI is InChI=1S/C60H48N2Si/c1-5-19-43(20-6-1)44-35-39-49(40-36-44)63(47-23-9-3-10-24-47,48-25-11-4-12-26-48)50-41-37-46(38-42-50)61-54-30-15-14-28-53(54)60-57(61)33-18-34-58(60)62-55-31-16-13-27-52(55)59-51(29-17-32-56(59)62)45-21-7-2-8-22-45/h1,3-6,9-20,23-42,45H,2,7-8,21-22H2. The maximum Gasteiger partial charge on any atom is 0.179 e. The van der Waals surface area contributed by atoms with Crippen molar-refractivity contribution in [1.82, 2.24) is 9.13 Å². The summed E-state index contributed by atoms with van der Waals surface area (Å²) in [7, 11) is -2.77. The van der Waals surface area contributed by atoms with E-state index < -0.39 is 8.07 Å². The Hall–Kier alpha value is -7.20. The molecule has 0 spiro atoms. The van der Waals surface area contributed by atoms with Crippen LogP contribution in [0.1, 0.15) is 43.6 Å². The van der Waals surface area contributed by atoms with E-state index in [9.17, 15) is 0 Å². The maximum atomic E-state index is 2.56. The van der Waals surface area contributed by atoms with Crippen LogP contribution in [0.3, 0.4) is 0 Å². The van der Waals surface area contributed by atoms with Crippen LogP contribution in [0.15, 0.2) is 224 Å². The molecular weight excluding hydrogens is 777 g/mol. The topological polar surface area (TPSA) is 9.86 Å². The lowest BCUT2D eigenvalue weighted by molar-refractivity contribution is 0.445. The summed E-state index contributed by atoms with van der Waals surface area (Å²) in [5, 5.41) is 10.8. The largest absolute Gasteiger partial charge is 0.309 e. The highest BCUT2D eigenvalue weighted by Gasteiger charge is 2.41. The van der Waals surface area contributed by atoms with E-state index in [0.29, 0.717) is 5.92 Å². The van der Waals surface area contributed by atoms with E-state index in [4.69, 9.17) is 0 Å². The van der Waals surface area contributed by atoms with Gasteiger partial charge in [0.1, 0.15) is 0 Å². The summed E-state index contributed by atoms with van der Waals surface area (Å²) in [6.07, 6.45) is 6.56. The summed E-state index contributed by atoms with van der Waals surface area (Å²) in [4.78, 5) is 0. The van der Waals surface area contributed by atoms with Crippen LogP contribution >= 0.6 is 0 Å². The van der Waals surface area contributed by atoms with E-state index in [1.54, 1.807) is 0 Å². The number of hydrogen-bond acceptors (Lipinski definition) is 0. The van der Waals surface area contributed by atoms with Gasteiger partial charge in [-0.3, -0.25) is 0 Å². The van der Waals surface area contributed by atoms with Gasteiger partial charge < -0.3 is 9.13 Å². The first kappa shape index (κ1) is 37.5. The molecular formula is C60H48N2Si. The number of rotatable bonds is 8. The van der Waals surface area contributed by atoms with Gasteiger partial charge in [-0.1, -0.05) is 201 Å². The molecule has 63 heavy (non-hydrogen) atoms. The van der Waals surface area contributed by atoms with Gasteiger partial charge in [0.25, 0.3) is 0 Å². The maximum absolute atomic E-state index is 2.77. The minimum Gasteiger partial charge on any atom is -0.309 e. The van der Waals surface area contributed by atoms with Gasteiger partial charge in [-0.05, 0) is 98.7 Å². The predicted molar refractivity (Wildman–Crippen MR) is 270 cm³/mol. The molecule has 0 radical (unpaired) electrons. The first-order valence-electron chi connectivity index (χ1n) is 22.7. The number of aromatic nitrogens is 2. The fourth-order valence-corrected chi connectivity index (χ4v) is 16.0. The van der Waals surface area contributed by atoms with E-state index in [1.165, 1.54) is 119 Å². The van der Waals surface area contributed by atoms with Crippen LogP contribution in [0.4, 0.5) is 0 Å². The number of fused-ring (bicyclic) bond motifs is 6. The van der Waals surface area contributed by atoms with Crippen molar-refractivity contribution in [3.05, 3.63) is 230 Å². The van der Waals surface area contributed by atoms with Crippen LogP contribution in [0.2, 0.25) is 0 Å². The first-order valence-corrected chi connectivity index (χ1v) is 24.7. The zero-order chi connectivity index (χ0) is 41.7. The van der Waals surface area contributed by atoms with Gasteiger partial charge in [0, 0.05) is 27.2 Å². The summed E-state index contributed by atoms with van der Waals surface area (Å²) in [6, 6.07) is 84.3. The van der Waals surface area contributed by atoms with Crippen LogP contribution in [-0.4, -0.2) is 17.2 Å². The Labute approximate surface area is 370 Å². The van der Waals surface area contributed by atoms with Crippen molar-refractivity contribution in [1.29, 1.82) is 0 Å². The quantitative estimate of drug-likeness (QED) is 0.107. The molecule has 3 heteroatoms. The number of nitrogens with zero attached hydrogens (tertiary/aromatic N) is 2. The Balaban J connectivity index is 1.05. The van der Waals surface area contributed by atoms with Gasteiger partial charge in [0.05, 0.1) is 27.8 Å². The average Bonchev–Trinajstić information content (AvgIpc) is 3.89. The molecule has 0 unspecified atom stereocenters. The fourth-order valence-electron chi connectivity index (χ4n) is 11.3. The third kappa shape index (κ3) is 6.06. The molecule has 11 aromatic rings. The number of para-hydroxylation sites is 2. The highest BCUT2D eigenvalue weighted by atomic mass is 28.3. The SMILES string of the molecule is c1ccc(-c2ccc([Si](c3ccccc3)(c3ccccc3)c3ccc(-n4c5ccccc5c5c(-n6c7ccccc7c7c(C8CCCCC8)cccc76)cccc54)cc3)cc2)cc1. The third-order valence-corrected chi connectivity index (χ3v) is 18.9. The molecule has 2 nitrogen and oxygen atoms in total. The molecule has 9 aromatic carbocycles. The molecule has 2 aromatic heterocycles. The van der Waals surface area contributed by atoms with Crippen LogP contribution < -0.4 is 20.7 Å². The molecule has 0 bridgehead atoms. The Kier molecular flexibility index (Phi) is 9.30. The summed E-state index contributed by atoms with van der Waals surface area (Å²) >= 11 is 0. The smallest absolute Gasteiger partial charge is 0.179 e. The van der Waals surface area contributed by atoms with Gasteiger partial charge in [-0.15, -0.1) is 0 Å². The van der Waals surface area contributed by atoms with E-state index in [-0.39, 0.29) is 0 Å². The van der Waals surface area contributed by atoms with Crippen LogP contribution in [0.5, 0.6) is 0 Å². The van der Waals surface area contributed by atoms with E-state index >= 15 is 0 Å². The minimum atomic E-state index is -2.77. The molecule has 1 saturated carbocycles. The Morgan fingerprint density at radius 2 is 0.794 bits per heavy atom.